The Kier molecular flexibility index (Phi) is 7.05. The summed E-state index contributed by atoms with van der Waals surface area (Å²) < 4.78 is 26.5. The number of carbonyl (C=O) groups is 1. The van der Waals surface area contributed by atoms with Gasteiger partial charge in [0.25, 0.3) is 0 Å². The number of aryl methyl sites for hydroxylation is 1. The van der Waals surface area contributed by atoms with Gasteiger partial charge in [-0.2, -0.15) is 0 Å². The Labute approximate surface area is 129 Å². The molecule has 2 rings (SSSR count). The van der Waals surface area contributed by atoms with Gasteiger partial charge in [-0.1, -0.05) is 0 Å². The maximum atomic E-state index is 13.4. The van der Waals surface area contributed by atoms with Gasteiger partial charge in [-0.15, -0.1) is 12.4 Å². The van der Waals surface area contributed by atoms with Gasteiger partial charge in [0, 0.05) is 18.5 Å². The zero-order valence-corrected chi connectivity index (χ0v) is 12.8. The second kappa shape index (κ2) is 8.29. The Morgan fingerprint density at radius 1 is 1.43 bits per heavy atom. The molecule has 0 saturated carbocycles. The fourth-order valence-corrected chi connectivity index (χ4v) is 2.50. The summed E-state index contributed by atoms with van der Waals surface area (Å²) in [6.07, 6.45) is 2.37. The maximum Gasteiger partial charge on any atom is 0.220 e. The molecular weight excluding hydrogens is 298 g/mol. The number of halogens is 3. The average Bonchev–Trinajstić information content (AvgIpc) is 2.42. The minimum atomic E-state index is -0.480. The lowest BCUT2D eigenvalue weighted by molar-refractivity contribution is -0.122. The number of hydrogen-bond acceptors (Lipinski definition) is 2. The van der Waals surface area contributed by atoms with E-state index < -0.39 is 11.6 Å². The molecule has 1 aromatic carbocycles. The zero-order chi connectivity index (χ0) is 14.5. The van der Waals surface area contributed by atoms with Crippen LogP contribution in [-0.4, -0.2) is 24.5 Å². The summed E-state index contributed by atoms with van der Waals surface area (Å²) in [5, 5.41) is 6.26. The lowest BCUT2D eigenvalue weighted by Crippen LogP contribution is -2.51. The molecule has 1 aromatic rings. The molecule has 1 amide bonds. The second-order valence-corrected chi connectivity index (χ2v) is 5.29. The van der Waals surface area contributed by atoms with Crippen LogP contribution in [-0.2, 0) is 11.2 Å². The normalized spacial score (nSPS) is 21.5. The summed E-state index contributed by atoms with van der Waals surface area (Å²) in [6.45, 7) is 3.01. The largest absolute Gasteiger partial charge is 0.352 e. The van der Waals surface area contributed by atoms with Crippen LogP contribution < -0.4 is 10.6 Å². The molecule has 0 radical (unpaired) electrons. The Hall–Kier alpha value is -1.20. The molecule has 1 heterocycles. The van der Waals surface area contributed by atoms with E-state index in [1.807, 2.05) is 6.92 Å². The number of hydrogen-bond donors (Lipinski definition) is 2. The highest BCUT2D eigenvalue weighted by molar-refractivity contribution is 5.85. The quantitative estimate of drug-likeness (QED) is 0.896. The summed E-state index contributed by atoms with van der Waals surface area (Å²) in [4.78, 5) is 11.9. The van der Waals surface area contributed by atoms with Crippen molar-refractivity contribution in [3.63, 3.8) is 0 Å². The monoisotopic (exact) mass is 318 g/mol. The van der Waals surface area contributed by atoms with E-state index in [0.717, 1.165) is 37.6 Å². The van der Waals surface area contributed by atoms with Crippen LogP contribution in [0.4, 0.5) is 8.78 Å². The van der Waals surface area contributed by atoms with E-state index in [9.17, 15) is 13.6 Å². The molecule has 0 aliphatic carbocycles. The number of benzene rings is 1. The summed E-state index contributed by atoms with van der Waals surface area (Å²) in [5.41, 5.74) is 0.245. The zero-order valence-electron chi connectivity index (χ0n) is 12.0. The fourth-order valence-electron chi connectivity index (χ4n) is 2.50. The van der Waals surface area contributed by atoms with Crippen LogP contribution in [0.5, 0.6) is 0 Å². The van der Waals surface area contributed by atoms with E-state index in [1.54, 1.807) is 0 Å². The molecule has 118 valence electrons. The molecular formula is C15H21ClF2N2O. The lowest BCUT2D eigenvalue weighted by Gasteiger charge is -2.30. The third-order valence-electron chi connectivity index (χ3n) is 3.74. The highest BCUT2D eigenvalue weighted by Gasteiger charge is 2.22. The third kappa shape index (κ3) is 5.25. The predicted molar refractivity (Wildman–Crippen MR) is 80.6 cm³/mol. The van der Waals surface area contributed by atoms with Crippen LogP contribution in [0.1, 0.15) is 31.7 Å². The molecule has 1 fully saturated rings. The highest BCUT2D eigenvalue weighted by Crippen LogP contribution is 2.13. The molecule has 1 saturated heterocycles. The molecule has 0 bridgehead atoms. The van der Waals surface area contributed by atoms with Crippen molar-refractivity contribution < 1.29 is 13.6 Å². The first kappa shape index (κ1) is 17.9. The Morgan fingerprint density at radius 3 is 2.90 bits per heavy atom. The number of piperidine rings is 1. The van der Waals surface area contributed by atoms with Crippen molar-refractivity contribution in [3.05, 3.63) is 35.4 Å². The van der Waals surface area contributed by atoms with E-state index in [2.05, 4.69) is 10.6 Å². The van der Waals surface area contributed by atoms with Crippen LogP contribution >= 0.6 is 12.4 Å². The van der Waals surface area contributed by atoms with Crippen LogP contribution in [0, 0.1) is 11.6 Å². The average molecular weight is 319 g/mol. The smallest absolute Gasteiger partial charge is 0.220 e. The van der Waals surface area contributed by atoms with E-state index in [4.69, 9.17) is 0 Å². The molecule has 6 heteroatoms. The second-order valence-electron chi connectivity index (χ2n) is 5.29. The standard InChI is InChI=1S/C15H20F2N2O.ClH/c1-10-14(3-2-8-18-10)19-15(20)7-4-11-9-12(16)5-6-13(11)17;/h5-6,9-10,14,18H,2-4,7-8H2,1H3,(H,19,20);1H. The van der Waals surface area contributed by atoms with E-state index in [1.165, 1.54) is 0 Å². The first-order chi connectivity index (χ1) is 9.56. The van der Waals surface area contributed by atoms with Crippen molar-refractivity contribution in [1.29, 1.82) is 0 Å². The highest BCUT2D eigenvalue weighted by atomic mass is 35.5. The molecule has 2 atom stereocenters. The number of rotatable bonds is 4. The van der Waals surface area contributed by atoms with Gasteiger partial charge in [-0.05, 0) is 56.5 Å². The lowest BCUT2D eigenvalue weighted by atomic mass is 9.99. The molecule has 2 N–H and O–H groups in total. The van der Waals surface area contributed by atoms with Crippen LogP contribution in [0.3, 0.4) is 0 Å². The molecule has 0 aromatic heterocycles. The van der Waals surface area contributed by atoms with Crippen LogP contribution in [0.2, 0.25) is 0 Å². The van der Waals surface area contributed by atoms with Crippen LogP contribution in [0.25, 0.3) is 0 Å². The first-order valence-corrected chi connectivity index (χ1v) is 7.03. The molecule has 1 aliphatic heterocycles. The van der Waals surface area contributed by atoms with E-state index in [0.29, 0.717) is 0 Å². The molecule has 2 unspecified atom stereocenters. The Morgan fingerprint density at radius 2 is 2.19 bits per heavy atom. The van der Waals surface area contributed by atoms with Gasteiger partial charge in [0.05, 0.1) is 0 Å². The van der Waals surface area contributed by atoms with Gasteiger partial charge in [0.1, 0.15) is 11.6 Å². The van der Waals surface area contributed by atoms with Gasteiger partial charge in [0.2, 0.25) is 5.91 Å². The van der Waals surface area contributed by atoms with Gasteiger partial charge >= 0.3 is 0 Å². The topological polar surface area (TPSA) is 41.1 Å². The van der Waals surface area contributed by atoms with E-state index >= 15 is 0 Å². The van der Waals surface area contributed by atoms with Crippen molar-refractivity contribution in [2.75, 3.05) is 6.54 Å². The molecule has 1 aliphatic rings. The fraction of sp³-hybridized carbons (Fsp3) is 0.533. The van der Waals surface area contributed by atoms with Crippen molar-refractivity contribution in [2.45, 2.75) is 44.7 Å². The van der Waals surface area contributed by atoms with Gasteiger partial charge < -0.3 is 10.6 Å². The Balaban J connectivity index is 0.00000220. The summed E-state index contributed by atoms with van der Waals surface area (Å²) in [6, 6.07) is 3.68. The van der Waals surface area contributed by atoms with Crippen molar-refractivity contribution in [1.82, 2.24) is 10.6 Å². The predicted octanol–water partition coefficient (Wildman–Crippen LogP) is 2.58. The SMILES string of the molecule is CC1NCCCC1NC(=O)CCc1cc(F)ccc1F.Cl. The summed E-state index contributed by atoms with van der Waals surface area (Å²) in [5.74, 6) is -1.06. The molecule has 0 spiro atoms. The van der Waals surface area contributed by atoms with Crippen molar-refractivity contribution in [2.24, 2.45) is 0 Å². The van der Waals surface area contributed by atoms with Gasteiger partial charge in [-0.3, -0.25) is 4.79 Å². The Bertz CT molecular complexity index is 485. The number of nitrogens with one attached hydrogen (secondary N) is 2. The van der Waals surface area contributed by atoms with E-state index in [-0.39, 0.29) is 48.8 Å². The van der Waals surface area contributed by atoms with Gasteiger partial charge in [-0.25, -0.2) is 8.78 Å². The number of amides is 1. The van der Waals surface area contributed by atoms with Crippen LogP contribution in [0.15, 0.2) is 18.2 Å². The molecule has 3 nitrogen and oxygen atoms in total. The molecule has 21 heavy (non-hydrogen) atoms. The minimum Gasteiger partial charge on any atom is -0.352 e. The first-order valence-electron chi connectivity index (χ1n) is 7.03. The summed E-state index contributed by atoms with van der Waals surface area (Å²) in [7, 11) is 0. The summed E-state index contributed by atoms with van der Waals surface area (Å²) >= 11 is 0. The number of carbonyl (C=O) groups excluding carboxylic acids is 1. The van der Waals surface area contributed by atoms with Crippen molar-refractivity contribution >= 4 is 18.3 Å². The van der Waals surface area contributed by atoms with Crippen molar-refractivity contribution in [3.8, 4) is 0 Å². The van der Waals surface area contributed by atoms with Gasteiger partial charge in [0.15, 0.2) is 0 Å². The minimum absolute atomic E-state index is 0. The maximum absolute atomic E-state index is 13.4. The third-order valence-corrected chi connectivity index (χ3v) is 3.74.